The molecule has 1 atom stereocenters. The maximum absolute atomic E-state index is 3.60. The van der Waals surface area contributed by atoms with Crippen LogP contribution in [0.15, 0.2) is 0 Å². The largest absolute Gasteiger partial charge is 0.315 e. The standard InChI is InChI=1S/C9H20N2/c1-9(2,3)11-8-5-4-6-10-7-8/h8,10-11H,4-7H2,1-3H3. The van der Waals surface area contributed by atoms with Crippen molar-refractivity contribution in [1.82, 2.24) is 10.6 Å². The molecule has 1 aliphatic rings. The van der Waals surface area contributed by atoms with E-state index in [9.17, 15) is 0 Å². The minimum atomic E-state index is 0.268. The Balaban J connectivity index is 2.24. The Morgan fingerprint density at radius 2 is 2.09 bits per heavy atom. The second-order valence-electron chi connectivity index (χ2n) is 4.44. The summed E-state index contributed by atoms with van der Waals surface area (Å²) in [4.78, 5) is 0. The molecule has 1 fully saturated rings. The van der Waals surface area contributed by atoms with Crippen molar-refractivity contribution in [3.8, 4) is 0 Å². The van der Waals surface area contributed by atoms with Gasteiger partial charge in [0.25, 0.3) is 0 Å². The summed E-state index contributed by atoms with van der Waals surface area (Å²) in [6, 6.07) is 0.684. The summed E-state index contributed by atoms with van der Waals surface area (Å²) in [7, 11) is 0. The van der Waals surface area contributed by atoms with Crippen LogP contribution in [0.3, 0.4) is 0 Å². The highest BCUT2D eigenvalue weighted by Gasteiger charge is 2.18. The van der Waals surface area contributed by atoms with E-state index >= 15 is 0 Å². The molecule has 0 saturated carbocycles. The molecule has 11 heavy (non-hydrogen) atoms. The summed E-state index contributed by atoms with van der Waals surface area (Å²) in [6.45, 7) is 9.00. The van der Waals surface area contributed by atoms with E-state index in [0.29, 0.717) is 6.04 Å². The van der Waals surface area contributed by atoms with Gasteiger partial charge in [-0.2, -0.15) is 0 Å². The summed E-state index contributed by atoms with van der Waals surface area (Å²) in [6.07, 6.45) is 2.64. The molecule has 0 amide bonds. The van der Waals surface area contributed by atoms with Crippen molar-refractivity contribution in [3.63, 3.8) is 0 Å². The number of piperidine rings is 1. The fourth-order valence-electron chi connectivity index (χ4n) is 1.59. The van der Waals surface area contributed by atoms with Gasteiger partial charge in [-0.3, -0.25) is 0 Å². The lowest BCUT2D eigenvalue weighted by atomic mass is 10.0. The van der Waals surface area contributed by atoms with Gasteiger partial charge in [-0.15, -0.1) is 0 Å². The zero-order chi connectivity index (χ0) is 8.32. The van der Waals surface area contributed by atoms with Gasteiger partial charge >= 0.3 is 0 Å². The molecule has 0 spiro atoms. The van der Waals surface area contributed by atoms with Gasteiger partial charge in [0.05, 0.1) is 0 Å². The molecule has 1 unspecified atom stereocenters. The predicted molar refractivity (Wildman–Crippen MR) is 48.8 cm³/mol. The lowest BCUT2D eigenvalue weighted by molar-refractivity contribution is 0.307. The Morgan fingerprint density at radius 3 is 2.55 bits per heavy atom. The van der Waals surface area contributed by atoms with Gasteiger partial charge in [-0.05, 0) is 40.2 Å². The monoisotopic (exact) mass is 156 g/mol. The first-order valence-electron chi connectivity index (χ1n) is 4.56. The van der Waals surface area contributed by atoms with Gasteiger partial charge in [0.1, 0.15) is 0 Å². The molecule has 1 rings (SSSR count). The van der Waals surface area contributed by atoms with Crippen LogP contribution in [0, 0.1) is 0 Å². The molecule has 0 aromatic carbocycles. The Labute approximate surface area is 69.8 Å². The molecule has 0 aromatic rings. The SMILES string of the molecule is CC(C)(C)NC1CCCNC1. The van der Waals surface area contributed by atoms with Gasteiger partial charge in [0.15, 0.2) is 0 Å². The Morgan fingerprint density at radius 1 is 1.36 bits per heavy atom. The normalized spacial score (nSPS) is 27.0. The van der Waals surface area contributed by atoms with Crippen molar-refractivity contribution < 1.29 is 0 Å². The van der Waals surface area contributed by atoms with Gasteiger partial charge in [-0.1, -0.05) is 0 Å². The van der Waals surface area contributed by atoms with Crippen LogP contribution in [-0.4, -0.2) is 24.7 Å². The molecule has 2 heteroatoms. The molecule has 0 bridgehead atoms. The average molecular weight is 156 g/mol. The first kappa shape index (κ1) is 9.01. The topological polar surface area (TPSA) is 24.1 Å². The van der Waals surface area contributed by atoms with Crippen LogP contribution in [0.2, 0.25) is 0 Å². The van der Waals surface area contributed by atoms with E-state index in [1.54, 1.807) is 0 Å². The number of nitrogens with one attached hydrogen (secondary N) is 2. The second kappa shape index (κ2) is 3.55. The Kier molecular flexibility index (Phi) is 2.90. The minimum Gasteiger partial charge on any atom is -0.315 e. The first-order valence-corrected chi connectivity index (χ1v) is 4.56. The van der Waals surface area contributed by atoms with E-state index in [4.69, 9.17) is 0 Å². The molecule has 0 aliphatic carbocycles. The van der Waals surface area contributed by atoms with E-state index in [0.717, 1.165) is 6.54 Å². The molecule has 0 radical (unpaired) electrons. The molecule has 1 saturated heterocycles. The van der Waals surface area contributed by atoms with Gasteiger partial charge in [0, 0.05) is 18.1 Å². The number of hydrogen-bond acceptors (Lipinski definition) is 2. The summed E-state index contributed by atoms with van der Waals surface area (Å²) in [5.41, 5.74) is 0.268. The van der Waals surface area contributed by atoms with Crippen LogP contribution >= 0.6 is 0 Å². The van der Waals surface area contributed by atoms with Crippen molar-refractivity contribution in [2.45, 2.75) is 45.2 Å². The highest BCUT2D eigenvalue weighted by Crippen LogP contribution is 2.07. The van der Waals surface area contributed by atoms with Crippen LogP contribution < -0.4 is 10.6 Å². The molecule has 2 nitrogen and oxygen atoms in total. The molecule has 0 aromatic heterocycles. The molecule has 2 N–H and O–H groups in total. The smallest absolute Gasteiger partial charge is 0.0197 e. The van der Waals surface area contributed by atoms with Crippen molar-refractivity contribution in [2.24, 2.45) is 0 Å². The zero-order valence-electron chi connectivity index (χ0n) is 7.91. The minimum absolute atomic E-state index is 0.268. The molecule has 1 heterocycles. The van der Waals surface area contributed by atoms with Crippen molar-refractivity contribution in [1.29, 1.82) is 0 Å². The van der Waals surface area contributed by atoms with Crippen molar-refractivity contribution in [2.75, 3.05) is 13.1 Å². The number of hydrogen-bond donors (Lipinski definition) is 2. The van der Waals surface area contributed by atoms with Gasteiger partial charge < -0.3 is 10.6 Å². The Bertz CT molecular complexity index is 109. The molecule has 1 aliphatic heterocycles. The summed E-state index contributed by atoms with van der Waals surface area (Å²) < 4.78 is 0. The molecular formula is C9H20N2. The van der Waals surface area contributed by atoms with Gasteiger partial charge in [0.2, 0.25) is 0 Å². The maximum atomic E-state index is 3.60. The fraction of sp³-hybridized carbons (Fsp3) is 1.00. The molecule has 66 valence electrons. The van der Waals surface area contributed by atoms with E-state index < -0.39 is 0 Å². The fourth-order valence-corrected chi connectivity index (χ4v) is 1.59. The van der Waals surface area contributed by atoms with Crippen LogP contribution in [0.5, 0.6) is 0 Å². The predicted octanol–water partition coefficient (Wildman–Crippen LogP) is 1.13. The van der Waals surface area contributed by atoms with Crippen LogP contribution in [-0.2, 0) is 0 Å². The zero-order valence-corrected chi connectivity index (χ0v) is 7.91. The third-order valence-corrected chi connectivity index (χ3v) is 1.93. The highest BCUT2D eigenvalue weighted by molar-refractivity contribution is 4.81. The quantitative estimate of drug-likeness (QED) is 0.594. The van der Waals surface area contributed by atoms with Crippen LogP contribution in [0.4, 0.5) is 0 Å². The molecular weight excluding hydrogens is 136 g/mol. The van der Waals surface area contributed by atoms with Gasteiger partial charge in [-0.25, -0.2) is 0 Å². The second-order valence-corrected chi connectivity index (χ2v) is 4.44. The summed E-state index contributed by atoms with van der Waals surface area (Å²) in [5.74, 6) is 0. The lowest BCUT2D eigenvalue weighted by Gasteiger charge is -2.31. The maximum Gasteiger partial charge on any atom is 0.0197 e. The van der Waals surface area contributed by atoms with Crippen molar-refractivity contribution >= 4 is 0 Å². The first-order chi connectivity index (χ1) is 5.08. The summed E-state index contributed by atoms with van der Waals surface area (Å²) in [5, 5.41) is 6.99. The van der Waals surface area contributed by atoms with Crippen molar-refractivity contribution in [3.05, 3.63) is 0 Å². The third-order valence-electron chi connectivity index (χ3n) is 1.93. The highest BCUT2D eigenvalue weighted by atomic mass is 15.0. The van der Waals surface area contributed by atoms with E-state index in [-0.39, 0.29) is 5.54 Å². The number of rotatable bonds is 1. The van der Waals surface area contributed by atoms with E-state index in [1.165, 1.54) is 19.4 Å². The van der Waals surface area contributed by atoms with E-state index in [2.05, 4.69) is 31.4 Å². The Hall–Kier alpha value is -0.0800. The lowest BCUT2D eigenvalue weighted by Crippen LogP contribution is -2.50. The van der Waals surface area contributed by atoms with Crippen LogP contribution in [0.1, 0.15) is 33.6 Å². The summed E-state index contributed by atoms with van der Waals surface area (Å²) >= 11 is 0. The third kappa shape index (κ3) is 3.73. The van der Waals surface area contributed by atoms with E-state index in [1.807, 2.05) is 0 Å². The average Bonchev–Trinajstić information content (AvgIpc) is 1.85. The van der Waals surface area contributed by atoms with Crippen LogP contribution in [0.25, 0.3) is 0 Å².